The van der Waals surface area contributed by atoms with E-state index >= 15 is 0 Å². The summed E-state index contributed by atoms with van der Waals surface area (Å²) in [6.45, 7) is 5.12. The van der Waals surface area contributed by atoms with Crippen LogP contribution in [-0.2, 0) is 30.7 Å². The van der Waals surface area contributed by atoms with Crippen molar-refractivity contribution in [1.29, 1.82) is 0 Å². The minimum Gasteiger partial charge on any atom is -0.445 e. The van der Waals surface area contributed by atoms with Gasteiger partial charge in [0, 0.05) is 17.3 Å². The highest BCUT2D eigenvalue weighted by atomic mass is 35.5. The second-order valence-electron chi connectivity index (χ2n) is 9.30. The first-order valence-electron chi connectivity index (χ1n) is 10.9. The van der Waals surface area contributed by atoms with Crippen LogP contribution in [0.4, 0.5) is 4.79 Å². The second kappa shape index (κ2) is 8.93. The molecule has 1 saturated carbocycles. The van der Waals surface area contributed by atoms with Crippen LogP contribution in [0.1, 0.15) is 68.6 Å². The number of carbonyl (C=O) groups excluding carboxylic acids is 1. The van der Waals surface area contributed by atoms with E-state index in [1.54, 1.807) is 4.90 Å². The molecule has 1 heterocycles. The van der Waals surface area contributed by atoms with Gasteiger partial charge in [-0.1, -0.05) is 68.6 Å². The van der Waals surface area contributed by atoms with Gasteiger partial charge < -0.3 is 4.74 Å². The maximum Gasteiger partial charge on any atom is 0.410 e. The van der Waals surface area contributed by atoms with Crippen LogP contribution in [0.25, 0.3) is 0 Å². The molecule has 1 fully saturated rings. The Hall–Kier alpha value is -2.14. The number of nitrogens with zero attached hydrogens (tertiary/aromatic N) is 3. The fourth-order valence-electron chi connectivity index (χ4n) is 4.54. The minimum atomic E-state index is -0.302. The van der Waals surface area contributed by atoms with E-state index in [0.717, 1.165) is 61.8 Å². The Labute approximate surface area is 183 Å². The molecule has 0 unspecified atom stereocenters. The Kier molecular flexibility index (Phi) is 6.28. The quantitative estimate of drug-likeness (QED) is 0.572. The van der Waals surface area contributed by atoms with Crippen molar-refractivity contribution < 1.29 is 9.53 Å². The Bertz CT molecular complexity index is 895. The van der Waals surface area contributed by atoms with Gasteiger partial charge in [0.25, 0.3) is 0 Å². The first-order valence-corrected chi connectivity index (χ1v) is 11.3. The fraction of sp³-hybridized carbons (Fsp3) is 0.542. The number of hydrogen-bond donors (Lipinski definition) is 0. The van der Waals surface area contributed by atoms with Crippen molar-refractivity contribution in [2.75, 3.05) is 0 Å². The van der Waals surface area contributed by atoms with E-state index in [1.165, 1.54) is 0 Å². The lowest BCUT2D eigenvalue weighted by Gasteiger charge is -2.32. The van der Waals surface area contributed by atoms with Gasteiger partial charge in [0.15, 0.2) is 0 Å². The van der Waals surface area contributed by atoms with Crippen LogP contribution in [0.5, 0.6) is 0 Å². The molecule has 0 atom stereocenters. The van der Waals surface area contributed by atoms with Gasteiger partial charge in [-0.15, -0.1) is 0 Å². The van der Waals surface area contributed by atoms with Gasteiger partial charge in [0.1, 0.15) is 17.6 Å². The number of halogens is 1. The van der Waals surface area contributed by atoms with Crippen LogP contribution in [-0.4, -0.2) is 27.0 Å². The Morgan fingerprint density at radius 3 is 2.67 bits per heavy atom. The highest BCUT2D eigenvalue weighted by Crippen LogP contribution is 2.36. The van der Waals surface area contributed by atoms with E-state index in [2.05, 4.69) is 18.8 Å². The predicted octanol–water partition coefficient (Wildman–Crippen LogP) is 5.73. The molecule has 6 heteroatoms. The molecule has 0 N–H and O–H groups in total. The average molecular weight is 428 g/mol. The van der Waals surface area contributed by atoms with Crippen molar-refractivity contribution in [1.82, 2.24) is 14.9 Å². The van der Waals surface area contributed by atoms with E-state index in [4.69, 9.17) is 21.3 Å². The molecule has 0 aliphatic heterocycles. The van der Waals surface area contributed by atoms with Crippen LogP contribution in [0.2, 0.25) is 5.15 Å². The number of ether oxygens (including phenoxy) is 1. The smallest absolute Gasteiger partial charge is 0.410 e. The summed E-state index contributed by atoms with van der Waals surface area (Å²) in [5, 5.41) is 0.534. The van der Waals surface area contributed by atoms with Crippen molar-refractivity contribution in [2.45, 2.75) is 78.0 Å². The molecular formula is C24H30ClN3O2. The lowest BCUT2D eigenvalue weighted by molar-refractivity contribution is 0.0767. The SMILES string of the molecule is CC1(C)CCc2nc(CN(C(=O)OCc3ccccc3)C3CCCC3)nc(Cl)c2C1. The van der Waals surface area contributed by atoms with Gasteiger partial charge in [-0.05, 0) is 43.1 Å². The Morgan fingerprint density at radius 2 is 1.93 bits per heavy atom. The molecule has 1 aromatic heterocycles. The molecule has 4 rings (SSSR count). The molecule has 0 saturated heterocycles. The number of aryl methyl sites for hydroxylation is 1. The van der Waals surface area contributed by atoms with Gasteiger partial charge >= 0.3 is 6.09 Å². The first-order chi connectivity index (χ1) is 14.4. The van der Waals surface area contributed by atoms with Crippen LogP contribution in [0.3, 0.4) is 0 Å². The number of rotatable bonds is 5. The van der Waals surface area contributed by atoms with Crippen LogP contribution in [0, 0.1) is 5.41 Å². The second-order valence-corrected chi connectivity index (χ2v) is 9.66. The zero-order chi connectivity index (χ0) is 21.1. The number of hydrogen-bond acceptors (Lipinski definition) is 4. The maximum atomic E-state index is 13.0. The van der Waals surface area contributed by atoms with Crippen molar-refractivity contribution in [3.63, 3.8) is 0 Å². The Balaban J connectivity index is 1.51. The highest BCUT2D eigenvalue weighted by Gasteiger charge is 2.31. The van der Waals surface area contributed by atoms with Crippen LogP contribution >= 0.6 is 11.6 Å². The number of amides is 1. The van der Waals surface area contributed by atoms with Gasteiger partial charge in [-0.3, -0.25) is 4.90 Å². The summed E-state index contributed by atoms with van der Waals surface area (Å²) in [6, 6.07) is 9.94. The summed E-state index contributed by atoms with van der Waals surface area (Å²) in [5.74, 6) is 0.613. The molecule has 2 aromatic rings. The molecule has 2 aliphatic carbocycles. The van der Waals surface area contributed by atoms with E-state index in [1.807, 2.05) is 30.3 Å². The molecule has 2 aliphatic rings. The normalized spacial score (nSPS) is 18.1. The number of aromatic nitrogens is 2. The van der Waals surface area contributed by atoms with E-state index in [9.17, 15) is 4.79 Å². The molecular weight excluding hydrogens is 398 g/mol. The van der Waals surface area contributed by atoms with E-state index < -0.39 is 0 Å². The number of carbonyl (C=O) groups is 1. The highest BCUT2D eigenvalue weighted by molar-refractivity contribution is 6.30. The van der Waals surface area contributed by atoms with Crippen molar-refractivity contribution >= 4 is 17.7 Å². The third-order valence-corrected chi connectivity index (χ3v) is 6.61. The summed E-state index contributed by atoms with van der Waals surface area (Å²) >= 11 is 6.55. The van der Waals surface area contributed by atoms with Crippen LogP contribution < -0.4 is 0 Å². The summed E-state index contributed by atoms with van der Waals surface area (Å²) < 4.78 is 5.64. The fourth-order valence-corrected chi connectivity index (χ4v) is 4.81. The third kappa shape index (κ3) is 4.94. The lowest BCUT2D eigenvalue weighted by Crippen LogP contribution is -2.39. The molecule has 0 spiro atoms. The van der Waals surface area contributed by atoms with Crippen molar-refractivity contribution in [3.05, 3.63) is 58.1 Å². The lowest BCUT2D eigenvalue weighted by atomic mass is 9.76. The molecule has 0 bridgehead atoms. The monoisotopic (exact) mass is 427 g/mol. The number of benzene rings is 1. The molecule has 5 nitrogen and oxygen atoms in total. The minimum absolute atomic E-state index is 0.172. The molecule has 30 heavy (non-hydrogen) atoms. The first kappa shape index (κ1) is 21.1. The van der Waals surface area contributed by atoms with Gasteiger partial charge in [0.05, 0.1) is 6.54 Å². The van der Waals surface area contributed by atoms with Gasteiger partial charge in [-0.25, -0.2) is 14.8 Å². The molecule has 0 radical (unpaired) electrons. The average Bonchev–Trinajstić information content (AvgIpc) is 3.26. The molecule has 1 aromatic carbocycles. The summed E-state index contributed by atoms with van der Waals surface area (Å²) in [4.78, 5) is 24.2. The van der Waals surface area contributed by atoms with Crippen molar-refractivity contribution in [3.8, 4) is 0 Å². The summed E-state index contributed by atoms with van der Waals surface area (Å²) in [5.41, 5.74) is 3.30. The Morgan fingerprint density at radius 1 is 1.20 bits per heavy atom. The standard InChI is InChI=1S/C24H30ClN3O2/c1-24(2)13-12-20-19(14-24)22(25)27-21(26-20)15-28(18-10-6-7-11-18)23(29)30-16-17-8-4-3-5-9-17/h3-5,8-9,18H,6-7,10-16H2,1-2H3. The van der Waals surface area contributed by atoms with Gasteiger partial charge in [0.2, 0.25) is 0 Å². The maximum absolute atomic E-state index is 13.0. The largest absolute Gasteiger partial charge is 0.445 e. The molecule has 160 valence electrons. The summed E-state index contributed by atoms with van der Waals surface area (Å²) in [6.07, 6.45) is 6.83. The summed E-state index contributed by atoms with van der Waals surface area (Å²) in [7, 11) is 0. The third-order valence-electron chi connectivity index (χ3n) is 6.30. The number of fused-ring (bicyclic) bond motifs is 1. The van der Waals surface area contributed by atoms with E-state index in [-0.39, 0.29) is 24.2 Å². The topological polar surface area (TPSA) is 55.3 Å². The van der Waals surface area contributed by atoms with E-state index in [0.29, 0.717) is 17.5 Å². The van der Waals surface area contributed by atoms with Gasteiger partial charge in [-0.2, -0.15) is 0 Å². The zero-order valence-corrected chi connectivity index (χ0v) is 18.6. The molecule has 1 amide bonds. The van der Waals surface area contributed by atoms with Crippen molar-refractivity contribution in [2.24, 2.45) is 5.41 Å². The predicted molar refractivity (Wildman–Crippen MR) is 117 cm³/mol. The zero-order valence-electron chi connectivity index (χ0n) is 17.9. The van der Waals surface area contributed by atoms with Crippen LogP contribution in [0.15, 0.2) is 30.3 Å².